The predicted octanol–water partition coefficient (Wildman–Crippen LogP) is 5.18. The van der Waals surface area contributed by atoms with Crippen LogP contribution in [0.1, 0.15) is 18.5 Å². The van der Waals surface area contributed by atoms with Crippen LogP contribution in [0.25, 0.3) is 0 Å². The van der Waals surface area contributed by atoms with Gasteiger partial charge >= 0.3 is 0 Å². The molecule has 0 aliphatic heterocycles. The highest BCUT2D eigenvalue weighted by Crippen LogP contribution is 2.34. The number of hydrogen-bond acceptors (Lipinski definition) is 3. The molecule has 0 aromatic heterocycles. The lowest BCUT2D eigenvalue weighted by Gasteiger charge is -2.18. The van der Waals surface area contributed by atoms with Crippen LogP contribution in [0.3, 0.4) is 0 Å². The van der Waals surface area contributed by atoms with Crippen LogP contribution < -0.4 is 14.8 Å². The van der Waals surface area contributed by atoms with E-state index in [9.17, 15) is 0 Å². The van der Waals surface area contributed by atoms with Crippen LogP contribution in [0, 0.1) is 0 Å². The molecule has 0 bridgehead atoms. The second-order valence-corrected chi connectivity index (χ2v) is 5.36. The number of halogens is 2. The van der Waals surface area contributed by atoms with Gasteiger partial charge in [-0.05, 0) is 30.7 Å². The first kappa shape index (κ1) is 15.8. The van der Waals surface area contributed by atoms with E-state index in [4.69, 9.17) is 32.7 Å². The molecule has 0 aliphatic carbocycles. The summed E-state index contributed by atoms with van der Waals surface area (Å²) >= 11 is 12.3. The van der Waals surface area contributed by atoms with Crippen molar-refractivity contribution in [2.45, 2.75) is 13.0 Å². The third-order valence-corrected chi connectivity index (χ3v) is 4.05. The van der Waals surface area contributed by atoms with E-state index in [-0.39, 0.29) is 6.04 Å². The Morgan fingerprint density at radius 2 is 1.71 bits per heavy atom. The third-order valence-electron chi connectivity index (χ3n) is 3.21. The molecule has 112 valence electrons. The van der Waals surface area contributed by atoms with Crippen LogP contribution in [-0.4, -0.2) is 14.2 Å². The normalized spacial score (nSPS) is 11.9. The monoisotopic (exact) mass is 325 g/mol. The Kier molecular flexibility index (Phi) is 5.21. The van der Waals surface area contributed by atoms with Gasteiger partial charge in [-0.3, -0.25) is 0 Å². The Morgan fingerprint density at radius 3 is 2.38 bits per heavy atom. The van der Waals surface area contributed by atoms with E-state index < -0.39 is 0 Å². The molecule has 0 fully saturated rings. The van der Waals surface area contributed by atoms with Gasteiger partial charge in [-0.2, -0.15) is 0 Å². The summed E-state index contributed by atoms with van der Waals surface area (Å²) in [6, 6.07) is 11.3. The van der Waals surface area contributed by atoms with Gasteiger partial charge in [0.05, 0.1) is 30.3 Å². The average Bonchev–Trinajstić information content (AvgIpc) is 2.49. The summed E-state index contributed by atoms with van der Waals surface area (Å²) in [5, 5.41) is 4.49. The molecular formula is C16H17Cl2NO2. The molecule has 0 heterocycles. The van der Waals surface area contributed by atoms with Crippen LogP contribution >= 0.6 is 23.2 Å². The number of rotatable bonds is 5. The standard InChI is InChI=1S/C16H17Cl2NO2/c1-10(12-5-4-6-13(17)16(12)18)19-11-7-8-14(20-2)15(9-11)21-3/h4-10,19H,1-3H3. The Morgan fingerprint density at radius 1 is 1.00 bits per heavy atom. The molecule has 0 amide bonds. The highest BCUT2D eigenvalue weighted by atomic mass is 35.5. The Balaban J connectivity index is 2.23. The Bertz CT molecular complexity index is 632. The smallest absolute Gasteiger partial charge is 0.162 e. The fourth-order valence-electron chi connectivity index (χ4n) is 2.11. The van der Waals surface area contributed by atoms with E-state index in [1.54, 1.807) is 20.3 Å². The summed E-state index contributed by atoms with van der Waals surface area (Å²) in [4.78, 5) is 0. The maximum absolute atomic E-state index is 6.24. The number of methoxy groups -OCH3 is 2. The van der Waals surface area contributed by atoms with Crippen molar-refractivity contribution in [3.8, 4) is 11.5 Å². The molecule has 0 spiro atoms. The number of anilines is 1. The summed E-state index contributed by atoms with van der Waals surface area (Å²) < 4.78 is 10.5. The molecule has 1 unspecified atom stereocenters. The van der Waals surface area contributed by atoms with E-state index in [2.05, 4.69) is 5.32 Å². The molecule has 21 heavy (non-hydrogen) atoms. The largest absolute Gasteiger partial charge is 0.493 e. The minimum absolute atomic E-state index is 0.00861. The lowest BCUT2D eigenvalue weighted by atomic mass is 10.1. The molecule has 1 N–H and O–H groups in total. The molecule has 2 rings (SSSR count). The zero-order chi connectivity index (χ0) is 15.4. The summed E-state index contributed by atoms with van der Waals surface area (Å²) in [6.45, 7) is 2.02. The van der Waals surface area contributed by atoms with Gasteiger partial charge in [-0.1, -0.05) is 35.3 Å². The van der Waals surface area contributed by atoms with Crippen molar-refractivity contribution >= 4 is 28.9 Å². The van der Waals surface area contributed by atoms with E-state index in [1.807, 2.05) is 37.3 Å². The molecule has 3 nitrogen and oxygen atoms in total. The number of hydrogen-bond donors (Lipinski definition) is 1. The zero-order valence-electron chi connectivity index (χ0n) is 12.1. The fourth-order valence-corrected chi connectivity index (χ4v) is 2.58. The third kappa shape index (κ3) is 3.55. The van der Waals surface area contributed by atoms with Gasteiger partial charge in [0.2, 0.25) is 0 Å². The Labute approximate surface area is 134 Å². The molecule has 0 saturated heterocycles. The molecule has 0 saturated carbocycles. The lowest BCUT2D eigenvalue weighted by Crippen LogP contribution is -2.07. The summed E-state index contributed by atoms with van der Waals surface area (Å²) in [5.41, 5.74) is 1.86. The molecular weight excluding hydrogens is 309 g/mol. The van der Waals surface area contributed by atoms with Gasteiger partial charge in [-0.25, -0.2) is 0 Å². The van der Waals surface area contributed by atoms with Crippen molar-refractivity contribution in [1.29, 1.82) is 0 Å². The van der Waals surface area contributed by atoms with Gasteiger partial charge in [-0.15, -0.1) is 0 Å². The van der Waals surface area contributed by atoms with Crippen molar-refractivity contribution in [2.75, 3.05) is 19.5 Å². The van der Waals surface area contributed by atoms with Gasteiger partial charge in [0.15, 0.2) is 11.5 Å². The van der Waals surface area contributed by atoms with Crippen LogP contribution in [0.2, 0.25) is 10.0 Å². The lowest BCUT2D eigenvalue weighted by molar-refractivity contribution is 0.355. The quantitative estimate of drug-likeness (QED) is 0.821. The van der Waals surface area contributed by atoms with Crippen LogP contribution in [0.15, 0.2) is 36.4 Å². The second-order valence-electron chi connectivity index (χ2n) is 4.58. The topological polar surface area (TPSA) is 30.5 Å². The molecule has 2 aromatic carbocycles. The summed E-state index contributed by atoms with van der Waals surface area (Å²) in [5.74, 6) is 1.36. The highest BCUT2D eigenvalue weighted by molar-refractivity contribution is 6.42. The number of nitrogens with one attached hydrogen (secondary N) is 1. The number of ether oxygens (including phenoxy) is 2. The van der Waals surface area contributed by atoms with E-state index in [0.717, 1.165) is 11.3 Å². The summed E-state index contributed by atoms with van der Waals surface area (Å²) in [6.07, 6.45) is 0. The Hall–Kier alpha value is -1.58. The van der Waals surface area contributed by atoms with Crippen molar-refractivity contribution in [2.24, 2.45) is 0 Å². The van der Waals surface area contributed by atoms with Crippen LogP contribution in [0.5, 0.6) is 11.5 Å². The minimum Gasteiger partial charge on any atom is -0.493 e. The summed E-state index contributed by atoms with van der Waals surface area (Å²) in [7, 11) is 3.22. The first-order valence-electron chi connectivity index (χ1n) is 6.49. The molecule has 2 aromatic rings. The molecule has 5 heteroatoms. The predicted molar refractivity (Wildman–Crippen MR) is 88.0 cm³/mol. The van der Waals surface area contributed by atoms with Gasteiger partial charge in [0.25, 0.3) is 0 Å². The maximum Gasteiger partial charge on any atom is 0.162 e. The fraction of sp³-hybridized carbons (Fsp3) is 0.250. The van der Waals surface area contributed by atoms with Gasteiger partial charge < -0.3 is 14.8 Å². The first-order chi connectivity index (χ1) is 10.1. The second kappa shape index (κ2) is 6.92. The first-order valence-corrected chi connectivity index (χ1v) is 7.25. The highest BCUT2D eigenvalue weighted by Gasteiger charge is 2.13. The minimum atomic E-state index is 0.00861. The van der Waals surface area contributed by atoms with Crippen molar-refractivity contribution in [1.82, 2.24) is 0 Å². The van der Waals surface area contributed by atoms with Gasteiger partial charge in [0, 0.05) is 11.8 Å². The van der Waals surface area contributed by atoms with E-state index in [0.29, 0.717) is 21.5 Å². The SMILES string of the molecule is COc1ccc(NC(C)c2cccc(Cl)c2Cl)cc1OC. The van der Waals surface area contributed by atoms with Crippen molar-refractivity contribution in [3.63, 3.8) is 0 Å². The van der Waals surface area contributed by atoms with Crippen molar-refractivity contribution < 1.29 is 9.47 Å². The molecule has 0 radical (unpaired) electrons. The maximum atomic E-state index is 6.24. The number of benzene rings is 2. The van der Waals surface area contributed by atoms with E-state index in [1.165, 1.54) is 0 Å². The van der Waals surface area contributed by atoms with E-state index >= 15 is 0 Å². The van der Waals surface area contributed by atoms with Crippen LogP contribution in [-0.2, 0) is 0 Å². The van der Waals surface area contributed by atoms with Crippen molar-refractivity contribution in [3.05, 3.63) is 52.0 Å². The van der Waals surface area contributed by atoms with Gasteiger partial charge in [0.1, 0.15) is 0 Å². The van der Waals surface area contributed by atoms with Crippen LogP contribution in [0.4, 0.5) is 5.69 Å². The average molecular weight is 326 g/mol. The zero-order valence-corrected chi connectivity index (χ0v) is 13.6. The molecule has 0 aliphatic rings. The molecule has 1 atom stereocenters.